The maximum atomic E-state index is 9.55. The largest absolute Gasteiger partial charge is 0.507 e. The SMILES string of the molecule is CC.CN.Cc1cc(O)c2ccccc2c1. The number of rotatable bonds is 0. The molecule has 0 saturated heterocycles. The van der Waals surface area contributed by atoms with Crippen molar-refractivity contribution in [3.63, 3.8) is 0 Å². The molecule has 2 rings (SSSR count). The summed E-state index contributed by atoms with van der Waals surface area (Å²) in [5, 5.41) is 11.6. The van der Waals surface area contributed by atoms with E-state index in [1.807, 2.05) is 45.0 Å². The van der Waals surface area contributed by atoms with E-state index in [9.17, 15) is 5.11 Å². The Kier molecular flexibility index (Phi) is 6.97. The average molecular weight is 219 g/mol. The molecule has 0 aromatic heterocycles. The van der Waals surface area contributed by atoms with Gasteiger partial charge in [0.2, 0.25) is 0 Å². The van der Waals surface area contributed by atoms with Gasteiger partial charge in [-0.25, -0.2) is 0 Å². The summed E-state index contributed by atoms with van der Waals surface area (Å²) in [4.78, 5) is 0. The Labute approximate surface area is 97.7 Å². The lowest BCUT2D eigenvalue weighted by molar-refractivity contribution is 0.481. The van der Waals surface area contributed by atoms with Crippen LogP contribution in [0.2, 0.25) is 0 Å². The summed E-state index contributed by atoms with van der Waals surface area (Å²) < 4.78 is 0. The number of aryl methyl sites for hydroxylation is 1. The molecule has 3 N–H and O–H groups in total. The summed E-state index contributed by atoms with van der Waals surface area (Å²) >= 11 is 0. The predicted molar refractivity (Wildman–Crippen MR) is 71.8 cm³/mol. The highest BCUT2D eigenvalue weighted by Crippen LogP contribution is 2.25. The number of nitrogens with two attached hydrogens (primary N) is 1. The molecular weight excluding hydrogens is 198 g/mol. The van der Waals surface area contributed by atoms with Crippen LogP contribution < -0.4 is 5.73 Å². The van der Waals surface area contributed by atoms with Crippen LogP contribution in [0.4, 0.5) is 0 Å². The Bertz CT molecular complexity index is 424. The van der Waals surface area contributed by atoms with Crippen LogP contribution in [0.5, 0.6) is 5.75 Å². The van der Waals surface area contributed by atoms with Gasteiger partial charge in [0.25, 0.3) is 0 Å². The second kappa shape index (κ2) is 7.71. The fourth-order valence-electron chi connectivity index (χ4n) is 1.44. The highest BCUT2D eigenvalue weighted by molar-refractivity contribution is 5.88. The van der Waals surface area contributed by atoms with E-state index in [1.54, 1.807) is 6.07 Å². The molecule has 0 saturated carbocycles. The molecule has 0 heterocycles. The van der Waals surface area contributed by atoms with Crippen LogP contribution >= 0.6 is 0 Å². The molecule has 0 atom stereocenters. The van der Waals surface area contributed by atoms with Crippen molar-refractivity contribution in [1.82, 2.24) is 0 Å². The van der Waals surface area contributed by atoms with Crippen molar-refractivity contribution in [1.29, 1.82) is 0 Å². The highest BCUT2D eigenvalue weighted by atomic mass is 16.3. The Hall–Kier alpha value is -1.54. The fraction of sp³-hybridized carbons (Fsp3) is 0.286. The number of hydrogen-bond donors (Lipinski definition) is 2. The lowest BCUT2D eigenvalue weighted by Crippen LogP contribution is -1.76. The summed E-state index contributed by atoms with van der Waals surface area (Å²) in [6.07, 6.45) is 0. The molecule has 0 radical (unpaired) electrons. The molecule has 2 nitrogen and oxygen atoms in total. The first kappa shape index (κ1) is 14.5. The minimum absolute atomic E-state index is 0.366. The van der Waals surface area contributed by atoms with Crippen molar-refractivity contribution < 1.29 is 5.11 Å². The zero-order valence-corrected chi connectivity index (χ0v) is 10.5. The molecule has 0 aliphatic rings. The molecule has 0 fully saturated rings. The molecule has 0 spiro atoms. The molecule has 0 amide bonds. The third kappa shape index (κ3) is 3.55. The summed E-state index contributed by atoms with van der Waals surface area (Å²) in [6, 6.07) is 11.7. The summed E-state index contributed by atoms with van der Waals surface area (Å²) in [5.74, 6) is 0.366. The second-order valence-corrected chi connectivity index (χ2v) is 3.01. The van der Waals surface area contributed by atoms with E-state index in [2.05, 4.69) is 11.8 Å². The van der Waals surface area contributed by atoms with Crippen LogP contribution in [-0.2, 0) is 0 Å². The fourth-order valence-corrected chi connectivity index (χ4v) is 1.44. The molecular formula is C14H21NO. The van der Waals surface area contributed by atoms with E-state index in [-0.39, 0.29) is 0 Å². The molecule has 16 heavy (non-hydrogen) atoms. The van der Waals surface area contributed by atoms with Gasteiger partial charge < -0.3 is 10.8 Å². The quantitative estimate of drug-likeness (QED) is 0.712. The van der Waals surface area contributed by atoms with E-state index < -0.39 is 0 Å². The topological polar surface area (TPSA) is 46.2 Å². The second-order valence-electron chi connectivity index (χ2n) is 3.01. The van der Waals surface area contributed by atoms with Crippen molar-refractivity contribution in [2.24, 2.45) is 5.73 Å². The molecule has 0 bridgehead atoms. The van der Waals surface area contributed by atoms with Gasteiger partial charge >= 0.3 is 0 Å². The summed E-state index contributed by atoms with van der Waals surface area (Å²) in [5.41, 5.74) is 5.59. The maximum absolute atomic E-state index is 9.55. The predicted octanol–water partition coefficient (Wildman–Crippen LogP) is 3.45. The van der Waals surface area contributed by atoms with Crippen molar-refractivity contribution >= 4 is 10.8 Å². The molecule has 2 aromatic rings. The van der Waals surface area contributed by atoms with Crippen LogP contribution in [0.25, 0.3) is 10.8 Å². The first-order chi connectivity index (χ1) is 7.77. The zero-order valence-electron chi connectivity index (χ0n) is 10.5. The third-order valence-electron chi connectivity index (χ3n) is 1.98. The molecule has 88 valence electrons. The van der Waals surface area contributed by atoms with E-state index >= 15 is 0 Å². The molecule has 2 aromatic carbocycles. The summed E-state index contributed by atoms with van der Waals surface area (Å²) in [6.45, 7) is 5.98. The van der Waals surface area contributed by atoms with E-state index in [0.29, 0.717) is 5.75 Å². The van der Waals surface area contributed by atoms with Gasteiger partial charge in [-0.15, -0.1) is 0 Å². The van der Waals surface area contributed by atoms with E-state index in [1.165, 1.54) is 7.05 Å². The molecule has 2 heteroatoms. The van der Waals surface area contributed by atoms with Crippen molar-refractivity contribution in [2.75, 3.05) is 7.05 Å². The Morgan fingerprint density at radius 2 is 1.56 bits per heavy atom. The minimum atomic E-state index is 0.366. The number of phenolic OH excluding ortho intramolecular Hbond substituents is 1. The first-order valence-electron chi connectivity index (χ1n) is 5.53. The van der Waals surface area contributed by atoms with Crippen molar-refractivity contribution in [2.45, 2.75) is 20.8 Å². The first-order valence-corrected chi connectivity index (χ1v) is 5.53. The van der Waals surface area contributed by atoms with Crippen LogP contribution in [0.15, 0.2) is 36.4 Å². The number of phenols is 1. The lowest BCUT2D eigenvalue weighted by atomic mass is 10.1. The van der Waals surface area contributed by atoms with Crippen molar-refractivity contribution in [3.05, 3.63) is 42.0 Å². The van der Waals surface area contributed by atoms with Gasteiger partial charge in [0.15, 0.2) is 0 Å². The molecule has 0 aliphatic carbocycles. The van der Waals surface area contributed by atoms with Gasteiger partial charge in [-0.3, -0.25) is 0 Å². The van der Waals surface area contributed by atoms with Gasteiger partial charge in [-0.1, -0.05) is 44.2 Å². The van der Waals surface area contributed by atoms with Gasteiger partial charge in [0.05, 0.1) is 0 Å². The zero-order chi connectivity index (χ0) is 12.6. The average Bonchev–Trinajstić information content (AvgIpc) is 2.34. The van der Waals surface area contributed by atoms with Gasteiger partial charge in [0.1, 0.15) is 5.75 Å². The lowest BCUT2D eigenvalue weighted by Gasteiger charge is -2.01. The number of benzene rings is 2. The van der Waals surface area contributed by atoms with Gasteiger partial charge in [-0.2, -0.15) is 0 Å². The van der Waals surface area contributed by atoms with Crippen LogP contribution in [0.1, 0.15) is 19.4 Å². The monoisotopic (exact) mass is 219 g/mol. The highest BCUT2D eigenvalue weighted by Gasteiger charge is 1.98. The van der Waals surface area contributed by atoms with Crippen LogP contribution in [0, 0.1) is 6.92 Å². The smallest absolute Gasteiger partial charge is 0.123 e. The normalized spacial score (nSPS) is 8.56. The number of hydrogen-bond acceptors (Lipinski definition) is 2. The Morgan fingerprint density at radius 3 is 2.19 bits per heavy atom. The van der Waals surface area contributed by atoms with Crippen molar-refractivity contribution in [3.8, 4) is 5.75 Å². The maximum Gasteiger partial charge on any atom is 0.123 e. The minimum Gasteiger partial charge on any atom is -0.507 e. The van der Waals surface area contributed by atoms with E-state index in [0.717, 1.165) is 16.3 Å². The summed E-state index contributed by atoms with van der Waals surface area (Å²) in [7, 11) is 1.50. The third-order valence-corrected chi connectivity index (χ3v) is 1.98. The number of aromatic hydroxyl groups is 1. The molecule has 0 aliphatic heterocycles. The number of fused-ring (bicyclic) bond motifs is 1. The van der Waals surface area contributed by atoms with Gasteiger partial charge in [0, 0.05) is 5.39 Å². The van der Waals surface area contributed by atoms with E-state index in [4.69, 9.17) is 0 Å². The van der Waals surface area contributed by atoms with Crippen LogP contribution in [-0.4, -0.2) is 12.2 Å². The standard InChI is InChI=1S/C11H10O.C2H6.CH5N/c1-8-6-9-4-2-3-5-10(9)11(12)7-8;2*1-2/h2-7,12H,1H3;1-2H3;2H2,1H3. The Balaban J connectivity index is 0.000000509. The van der Waals surface area contributed by atoms with Crippen LogP contribution in [0.3, 0.4) is 0 Å². The van der Waals surface area contributed by atoms with Gasteiger partial charge in [-0.05, 0) is 31.0 Å². The molecule has 0 unspecified atom stereocenters. The Morgan fingerprint density at radius 1 is 1.00 bits per heavy atom.